The van der Waals surface area contributed by atoms with Crippen LogP contribution in [-0.2, 0) is 15.3 Å². The van der Waals surface area contributed by atoms with Crippen LogP contribution < -0.4 is 0 Å². The van der Waals surface area contributed by atoms with Crippen molar-refractivity contribution in [2.24, 2.45) is 0 Å². The molecule has 2 heterocycles. The number of nitro benzene ring substituents is 1. The Hall–Kier alpha value is -1.76. The average Bonchev–Trinajstić information content (AvgIpc) is 3.10. The van der Waals surface area contributed by atoms with Gasteiger partial charge in [0.2, 0.25) is 5.79 Å². The van der Waals surface area contributed by atoms with Gasteiger partial charge in [-0.1, -0.05) is 6.07 Å². The minimum absolute atomic E-state index is 0.0584. The molecular weight excluding hydrogens is 266 g/mol. The van der Waals surface area contributed by atoms with Gasteiger partial charge in [0.1, 0.15) is 0 Å². The smallest absolute Gasteiger partial charge is 0.269 e. The largest absolute Gasteiger partial charge is 0.339 e. The highest BCUT2D eigenvalue weighted by Gasteiger charge is 2.41. The molecule has 0 unspecified atom stereocenters. The van der Waals surface area contributed by atoms with Crippen molar-refractivity contribution >= 4 is 17.0 Å². The summed E-state index contributed by atoms with van der Waals surface area (Å²) in [6, 6.07) is 10.2. The molecule has 1 aromatic heterocycles. The predicted molar refractivity (Wildman–Crippen MR) is 70.1 cm³/mol. The lowest BCUT2D eigenvalue weighted by Gasteiger charge is -2.26. The van der Waals surface area contributed by atoms with E-state index in [0.717, 1.165) is 10.4 Å². The van der Waals surface area contributed by atoms with Crippen LogP contribution in [-0.4, -0.2) is 18.1 Å². The average molecular weight is 277 g/mol. The number of benzene rings is 1. The molecule has 0 N–H and O–H groups in total. The van der Waals surface area contributed by atoms with Gasteiger partial charge in [-0.2, -0.15) is 0 Å². The summed E-state index contributed by atoms with van der Waals surface area (Å²) >= 11 is 1.54. The zero-order valence-electron chi connectivity index (χ0n) is 9.94. The number of thiophene rings is 1. The molecule has 1 aliphatic heterocycles. The van der Waals surface area contributed by atoms with Gasteiger partial charge in [0.15, 0.2) is 0 Å². The van der Waals surface area contributed by atoms with Crippen LogP contribution in [0.2, 0.25) is 0 Å². The minimum atomic E-state index is -0.913. The Morgan fingerprint density at radius 3 is 2.37 bits per heavy atom. The lowest BCUT2D eigenvalue weighted by molar-refractivity contribution is -0.384. The van der Waals surface area contributed by atoms with Crippen LogP contribution in [0.5, 0.6) is 0 Å². The fourth-order valence-electron chi connectivity index (χ4n) is 2.13. The van der Waals surface area contributed by atoms with Gasteiger partial charge in [0.25, 0.3) is 5.69 Å². The van der Waals surface area contributed by atoms with E-state index < -0.39 is 10.7 Å². The van der Waals surface area contributed by atoms with Crippen LogP contribution in [0.1, 0.15) is 10.4 Å². The Morgan fingerprint density at radius 2 is 1.84 bits per heavy atom. The Labute approximate surface area is 113 Å². The second-order valence-corrected chi connectivity index (χ2v) is 5.04. The molecular formula is C13H11NO4S. The third-order valence-electron chi connectivity index (χ3n) is 3.00. The second-order valence-electron chi connectivity index (χ2n) is 4.09. The highest BCUT2D eigenvalue weighted by molar-refractivity contribution is 7.10. The van der Waals surface area contributed by atoms with E-state index in [1.807, 2.05) is 17.5 Å². The lowest BCUT2D eigenvalue weighted by Crippen LogP contribution is -2.27. The maximum Gasteiger partial charge on any atom is 0.269 e. The molecule has 0 bridgehead atoms. The molecule has 0 amide bonds. The fraction of sp³-hybridized carbons (Fsp3) is 0.231. The molecule has 1 saturated heterocycles. The molecule has 1 aliphatic rings. The van der Waals surface area contributed by atoms with E-state index in [1.54, 1.807) is 23.5 Å². The molecule has 0 atom stereocenters. The van der Waals surface area contributed by atoms with Crippen LogP contribution in [0.3, 0.4) is 0 Å². The van der Waals surface area contributed by atoms with E-state index in [0.29, 0.717) is 13.2 Å². The van der Waals surface area contributed by atoms with E-state index in [-0.39, 0.29) is 5.69 Å². The molecule has 2 aromatic rings. The van der Waals surface area contributed by atoms with Crippen molar-refractivity contribution in [1.82, 2.24) is 0 Å². The number of hydrogen-bond donors (Lipinski definition) is 0. The van der Waals surface area contributed by atoms with Crippen molar-refractivity contribution in [3.05, 3.63) is 62.3 Å². The topological polar surface area (TPSA) is 61.6 Å². The van der Waals surface area contributed by atoms with Crippen LogP contribution in [0.4, 0.5) is 5.69 Å². The van der Waals surface area contributed by atoms with Gasteiger partial charge in [-0.05, 0) is 23.6 Å². The van der Waals surface area contributed by atoms with Crippen molar-refractivity contribution in [3.8, 4) is 0 Å². The monoisotopic (exact) mass is 277 g/mol. The molecule has 0 spiro atoms. The number of non-ortho nitro benzene ring substituents is 1. The SMILES string of the molecule is O=[N+]([O-])c1ccc(C2(c3cccs3)OCCO2)cc1. The first-order valence-corrected chi connectivity index (χ1v) is 6.67. The zero-order valence-corrected chi connectivity index (χ0v) is 10.8. The molecule has 1 aromatic carbocycles. The predicted octanol–water partition coefficient (Wildman–Crippen LogP) is 2.90. The third kappa shape index (κ3) is 2.03. The summed E-state index contributed by atoms with van der Waals surface area (Å²) in [7, 11) is 0. The molecule has 6 heteroatoms. The van der Waals surface area contributed by atoms with Crippen LogP contribution >= 0.6 is 11.3 Å². The molecule has 0 aliphatic carbocycles. The number of ether oxygens (including phenoxy) is 2. The number of hydrogen-bond acceptors (Lipinski definition) is 5. The van der Waals surface area contributed by atoms with Gasteiger partial charge in [0.05, 0.1) is 23.0 Å². The molecule has 19 heavy (non-hydrogen) atoms. The highest BCUT2D eigenvalue weighted by Crippen LogP contribution is 2.40. The first-order chi connectivity index (χ1) is 9.22. The van der Waals surface area contributed by atoms with Crippen LogP contribution in [0.15, 0.2) is 41.8 Å². The number of nitrogens with zero attached hydrogens (tertiary/aromatic N) is 1. The van der Waals surface area contributed by atoms with E-state index in [1.165, 1.54) is 12.1 Å². The second kappa shape index (κ2) is 4.73. The Kier molecular flexibility index (Phi) is 3.06. The zero-order chi connectivity index (χ0) is 13.3. The maximum absolute atomic E-state index is 10.7. The summed E-state index contributed by atoms with van der Waals surface area (Å²) in [5, 5.41) is 12.6. The molecule has 1 fully saturated rings. The molecule has 0 radical (unpaired) electrons. The number of nitro groups is 1. The quantitative estimate of drug-likeness (QED) is 0.639. The van der Waals surface area contributed by atoms with E-state index in [9.17, 15) is 10.1 Å². The van der Waals surface area contributed by atoms with Crippen LogP contribution in [0.25, 0.3) is 0 Å². The van der Waals surface area contributed by atoms with Gasteiger partial charge in [-0.25, -0.2) is 0 Å². The number of rotatable bonds is 3. The lowest BCUT2D eigenvalue weighted by atomic mass is 10.0. The van der Waals surface area contributed by atoms with Crippen molar-refractivity contribution in [2.75, 3.05) is 13.2 Å². The van der Waals surface area contributed by atoms with Crippen LogP contribution in [0, 0.1) is 10.1 Å². The summed E-state index contributed by atoms with van der Waals surface area (Å²) in [5.74, 6) is -0.913. The summed E-state index contributed by atoms with van der Waals surface area (Å²) in [6.45, 7) is 1.02. The fourth-order valence-corrected chi connectivity index (χ4v) is 2.98. The normalized spacial score (nSPS) is 17.5. The standard InChI is InChI=1S/C13H11NO4S/c15-14(16)11-5-3-10(4-6-11)13(17-7-8-18-13)12-2-1-9-19-12/h1-6,9H,7-8H2. The Balaban J connectivity index is 2.04. The van der Waals surface area contributed by atoms with Gasteiger partial charge < -0.3 is 9.47 Å². The molecule has 5 nitrogen and oxygen atoms in total. The Morgan fingerprint density at radius 1 is 1.16 bits per heavy atom. The van der Waals surface area contributed by atoms with Crippen molar-refractivity contribution in [3.63, 3.8) is 0 Å². The first-order valence-electron chi connectivity index (χ1n) is 5.79. The summed E-state index contributed by atoms with van der Waals surface area (Å²) in [5.41, 5.74) is 0.834. The summed E-state index contributed by atoms with van der Waals surface area (Å²) < 4.78 is 11.6. The maximum atomic E-state index is 10.7. The van der Waals surface area contributed by atoms with E-state index in [2.05, 4.69) is 0 Å². The van der Waals surface area contributed by atoms with Gasteiger partial charge in [-0.3, -0.25) is 10.1 Å². The van der Waals surface area contributed by atoms with Gasteiger partial charge >= 0.3 is 0 Å². The Bertz CT molecular complexity index is 573. The van der Waals surface area contributed by atoms with E-state index in [4.69, 9.17) is 9.47 Å². The minimum Gasteiger partial charge on any atom is -0.339 e. The summed E-state index contributed by atoms with van der Waals surface area (Å²) in [4.78, 5) is 11.2. The van der Waals surface area contributed by atoms with Gasteiger partial charge in [0, 0.05) is 17.7 Å². The van der Waals surface area contributed by atoms with Crippen molar-refractivity contribution in [2.45, 2.75) is 5.79 Å². The molecule has 3 rings (SSSR count). The van der Waals surface area contributed by atoms with Crippen molar-refractivity contribution < 1.29 is 14.4 Å². The first kappa shape index (κ1) is 12.3. The third-order valence-corrected chi connectivity index (χ3v) is 3.95. The van der Waals surface area contributed by atoms with E-state index >= 15 is 0 Å². The van der Waals surface area contributed by atoms with Gasteiger partial charge in [-0.15, -0.1) is 11.3 Å². The van der Waals surface area contributed by atoms with Crippen molar-refractivity contribution in [1.29, 1.82) is 0 Å². The summed E-state index contributed by atoms with van der Waals surface area (Å²) in [6.07, 6.45) is 0. The molecule has 0 saturated carbocycles. The highest BCUT2D eigenvalue weighted by atomic mass is 32.1. The molecule has 98 valence electrons.